The van der Waals surface area contributed by atoms with Gasteiger partial charge in [0.1, 0.15) is 11.5 Å². The number of nitrogens with zero attached hydrogens (tertiary/aromatic N) is 1. The summed E-state index contributed by atoms with van der Waals surface area (Å²) in [5, 5.41) is 0. The molecule has 0 aliphatic heterocycles. The van der Waals surface area contributed by atoms with Gasteiger partial charge in [0.05, 0.1) is 24.3 Å². The number of aryl methyl sites for hydroxylation is 3. The van der Waals surface area contributed by atoms with Crippen LogP contribution in [-0.4, -0.2) is 24.2 Å². The molecule has 2 rings (SSSR count). The smallest absolute Gasteiger partial charge is 0.337 e. The average molecular weight is 371 g/mol. The first kappa shape index (κ1) is 20.7. The van der Waals surface area contributed by atoms with Gasteiger partial charge < -0.3 is 14.2 Å². The molecule has 0 unspecified atom stereocenters. The van der Waals surface area contributed by atoms with Crippen LogP contribution in [0.2, 0.25) is 0 Å². The van der Waals surface area contributed by atoms with Gasteiger partial charge in [0.25, 0.3) is 0 Å². The summed E-state index contributed by atoms with van der Waals surface area (Å²) in [5.74, 6) is 1.65. The van der Waals surface area contributed by atoms with Gasteiger partial charge in [-0.2, -0.15) is 0 Å². The Kier molecular flexibility index (Phi) is 6.83. The predicted octanol–water partition coefficient (Wildman–Crippen LogP) is 5.46. The van der Waals surface area contributed by atoms with Crippen LogP contribution in [0, 0.1) is 27.7 Å². The molecule has 1 heterocycles. The van der Waals surface area contributed by atoms with E-state index < -0.39 is 0 Å². The van der Waals surface area contributed by atoms with Crippen molar-refractivity contribution in [2.75, 3.05) is 7.11 Å². The van der Waals surface area contributed by atoms with E-state index in [0.717, 1.165) is 41.0 Å². The van der Waals surface area contributed by atoms with Gasteiger partial charge in [-0.25, -0.2) is 9.78 Å². The summed E-state index contributed by atoms with van der Waals surface area (Å²) in [6.07, 6.45) is 2.06. The Labute approximate surface area is 161 Å². The minimum atomic E-state index is -0.363. The zero-order valence-electron chi connectivity index (χ0n) is 17.3. The molecule has 0 atom stereocenters. The van der Waals surface area contributed by atoms with Crippen molar-refractivity contribution in [2.45, 2.75) is 60.5 Å². The highest BCUT2D eigenvalue weighted by Crippen LogP contribution is 2.35. The van der Waals surface area contributed by atoms with Gasteiger partial charge >= 0.3 is 5.97 Å². The zero-order chi connectivity index (χ0) is 20.1. The van der Waals surface area contributed by atoms with Crippen molar-refractivity contribution in [2.24, 2.45) is 0 Å². The Morgan fingerprint density at radius 2 is 1.63 bits per heavy atom. The number of rotatable bonds is 7. The maximum Gasteiger partial charge on any atom is 0.337 e. The number of aromatic nitrogens is 1. The molecular weight excluding hydrogens is 342 g/mol. The molecule has 0 saturated heterocycles. The Balaban J connectivity index is 2.40. The second-order valence-corrected chi connectivity index (χ2v) is 6.78. The molecule has 27 heavy (non-hydrogen) atoms. The quantitative estimate of drug-likeness (QED) is 0.605. The molecule has 0 aliphatic rings. The van der Waals surface area contributed by atoms with Crippen LogP contribution < -0.4 is 9.47 Å². The standard InChI is InChI=1S/C22H29NO4/c1-8-18(9-2)26-19-12-15(5)23-21(16(19)6)27-20-13(3)10-17(11-14(20)4)22(24)25-7/h10-12,18H,8-9H2,1-7H3. The largest absolute Gasteiger partial charge is 0.490 e. The van der Waals surface area contributed by atoms with Crippen molar-refractivity contribution < 1.29 is 19.0 Å². The highest BCUT2D eigenvalue weighted by atomic mass is 16.5. The van der Waals surface area contributed by atoms with Crippen molar-refractivity contribution in [1.29, 1.82) is 0 Å². The van der Waals surface area contributed by atoms with Crippen LogP contribution in [-0.2, 0) is 4.74 Å². The molecule has 0 bridgehead atoms. The van der Waals surface area contributed by atoms with E-state index in [1.54, 1.807) is 12.1 Å². The number of benzene rings is 1. The topological polar surface area (TPSA) is 57.7 Å². The lowest BCUT2D eigenvalue weighted by atomic mass is 10.1. The number of carbonyl (C=O) groups excluding carboxylic acids is 1. The van der Waals surface area contributed by atoms with E-state index in [1.165, 1.54) is 7.11 Å². The summed E-state index contributed by atoms with van der Waals surface area (Å²) in [6.45, 7) is 11.9. The van der Waals surface area contributed by atoms with Gasteiger partial charge in [0, 0.05) is 11.8 Å². The van der Waals surface area contributed by atoms with Crippen LogP contribution in [0.5, 0.6) is 17.4 Å². The third-order valence-corrected chi connectivity index (χ3v) is 4.59. The van der Waals surface area contributed by atoms with Crippen molar-refractivity contribution >= 4 is 5.97 Å². The van der Waals surface area contributed by atoms with Gasteiger partial charge in [-0.1, -0.05) is 13.8 Å². The normalized spacial score (nSPS) is 10.8. The first-order valence-corrected chi connectivity index (χ1v) is 9.32. The molecule has 0 fully saturated rings. The van der Waals surface area contributed by atoms with Crippen LogP contribution in [0.1, 0.15) is 59.4 Å². The summed E-state index contributed by atoms with van der Waals surface area (Å²) < 4.78 is 17.1. The number of pyridine rings is 1. The first-order valence-electron chi connectivity index (χ1n) is 9.32. The van der Waals surface area contributed by atoms with E-state index in [1.807, 2.05) is 33.8 Å². The van der Waals surface area contributed by atoms with Gasteiger partial charge in [-0.15, -0.1) is 0 Å². The van der Waals surface area contributed by atoms with Crippen LogP contribution in [0.3, 0.4) is 0 Å². The summed E-state index contributed by atoms with van der Waals surface area (Å²) >= 11 is 0. The predicted molar refractivity (Wildman–Crippen MR) is 106 cm³/mol. The molecule has 0 amide bonds. The molecule has 0 N–H and O–H groups in total. The van der Waals surface area contributed by atoms with Gasteiger partial charge in [0.2, 0.25) is 5.88 Å². The second-order valence-electron chi connectivity index (χ2n) is 6.78. The average Bonchev–Trinajstić information content (AvgIpc) is 2.64. The third-order valence-electron chi connectivity index (χ3n) is 4.59. The SMILES string of the molecule is CCC(CC)Oc1cc(C)nc(Oc2c(C)cc(C(=O)OC)cc2C)c1C. The fraction of sp³-hybridized carbons (Fsp3) is 0.455. The molecule has 5 heteroatoms. The van der Waals surface area contributed by atoms with E-state index in [2.05, 4.69) is 18.8 Å². The fourth-order valence-electron chi connectivity index (χ4n) is 2.98. The van der Waals surface area contributed by atoms with E-state index in [-0.39, 0.29) is 12.1 Å². The van der Waals surface area contributed by atoms with Crippen LogP contribution >= 0.6 is 0 Å². The Hall–Kier alpha value is -2.56. The zero-order valence-corrected chi connectivity index (χ0v) is 17.3. The number of hydrogen-bond acceptors (Lipinski definition) is 5. The Bertz CT molecular complexity index is 802. The molecule has 0 spiro atoms. The number of hydrogen-bond donors (Lipinski definition) is 0. The number of methoxy groups -OCH3 is 1. The summed E-state index contributed by atoms with van der Waals surface area (Å²) in [7, 11) is 1.37. The van der Waals surface area contributed by atoms with Crippen LogP contribution in [0.4, 0.5) is 0 Å². The monoisotopic (exact) mass is 371 g/mol. The number of esters is 1. The van der Waals surface area contributed by atoms with Crippen molar-refractivity contribution in [1.82, 2.24) is 4.98 Å². The Morgan fingerprint density at radius 3 is 2.15 bits per heavy atom. The van der Waals surface area contributed by atoms with Gasteiger partial charge in [-0.05, 0) is 63.8 Å². The molecular formula is C22H29NO4. The van der Waals surface area contributed by atoms with Crippen molar-refractivity contribution in [3.05, 3.63) is 46.1 Å². The van der Waals surface area contributed by atoms with E-state index in [0.29, 0.717) is 17.2 Å². The van der Waals surface area contributed by atoms with E-state index in [9.17, 15) is 4.79 Å². The molecule has 1 aromatic heterocycles. The van der Waals surface area contributed by atoms with Gasteiger partial charge in [0.15, 0.2) is 0 Å². The molecule has 0 radical (unpaired) electrons. The molecule has 0 aliphatic carbocycles. The first-order chi connectivity index (χ1) is 12.8. The highest BCUT2D eigenvalue weighted by molar-refractivity contribution is 5.90. The lowest BCUT2D eigenvalue weighted by Crippen LogP contribution is -2.15. The maximum absolute atomic E-state index is 11.8. The van der Waals surface area contributed by atoms with Crippen LogP contribution in [0.15, 0.2) is 18.2 Å². The van der Waals surface area contributed by atoms with E-state index >= 15 is 0 Å². The molecule has 2 aromatic rings. The lowest BCUT2D eigenvalue weighted by molar-refractivity contribution is 0.0600. The lowest BCUT2D eigenvalue weighted by Gasteiger charge is -2.20. The summed E-state index contributed by atoms with van der Waals surface area (Å²) in [6, 6.07) is 5.47. The highest BCUT2D eigenvalue weighted by Gasteiger charge is 2.17. The van der Waals surface area contributed by atoms with Crippen molar-refractivity contribution in [3.63, 3.8) is 0 Å². The van der Waals surface area contributed by atoms with Gasteiger partial charge in [-0.3, -0.25) is 0 Å². The van der Waals surface area contributed by atoms with Crippen LogP contribution in [0.25, 0.3) is 0 Å². The fourth-order valence-corrected chi connectivity index (χ4v) is 2.98. The summed E-state index contributed by atoms with van der Waals surface area (Å²) in [5.41, 5.74) is 3.90. The van der Waals surface area contributed by atoms with E-state index in [4.69, 9.17) is 14.2 Å². The summed E-state index contributed by atoms with van der Waals surface area (Å²) in [4.78, 5) is 16.3. The molecule has 146 valence electrons. The Morgan fingerprint density at radius 1 is 1.04 bits per heavy atom. The number of carbonyl (C=O) groups is 1. The minimum Gasteiger partial charge on any atom is -0.490 e. The maximum atomic E-state index is 11.8. The van der Waals surface area contributed by atoms with Crippen molar-refractivity contribution in [3.8, 4) is 17.4 Å². The molecule has 1 aromatic carbocycles. The second kappa shape index (κ2) is 8.89. The molecule has 0 saturated carbocycles. The minimum absolute atomic E-state index is 0.168. The third kappa shape index (κ3) is 4.79. The number of ether oxygens (including phenoxy) is 3. The molecule has 5 nitrogen and oxygen atoms in total.